The molecule has 68 heavy (non-hydrogen) atoms. The fourth-order valence-corrected chi connectivity index (χ4v) is 8.44. The van der Waals surface area contributed by atoms with Crippen molar-refractivity contribution in [2.75, 3.05) is 24.7 Å². The van der Waals surface area contributed by atoms with Gasteiger partial charge in [0.05, 0.1) is 12.6 Å². The maximum atomic E-state index is 13.1. The van der Waals surface area contributed by atoms with E-state index in [0.29, 0.717) is 12.8 Å². The summed E-state index contributed by atoms with van der Waals surface area (Å²) in [4.78, 5) is 97.6. The molecule has 0 saturated heterocycles. The molecule has 0 spiro atoms. The number of hydrogen-bond acceptors (Lipinski definition) is 12. The lowest BCUT2D eigenvalue weighted by atomic mass is 10.0. The highest BCUT2D eigenvalue weighted by Crippen LogP contribution is 2.16. The Bertz CT molecular complexity index is 1400. The number of amides is 3. The fraction of sp³-hybridized carbons (Fsp3) is 0.840. The Morgan fingerprint density at radius 3 is 1.34 bits per heavy atom. The van der Waals surface area contributed by atoms with Crippen LogP contribution in [-0.2, 0) is 47.8 Å². The van der Waals surface area contributed by atoms with Gasteiger partial charge in [0.1, 0.15) is 24.8 Å². The van der Waals surface area contributed by atoms with Crippen LogP contribution in [0.1, 0.15) is 219 Å². The Balaban J connectivity index is 5.10. The normalized spacial score (nSPS) is 12.9. The zero-order valence-electron chi connectivity index (χ0n) is 41.7. The predicted molar refractivity (Wildman–Crippen MR) is 265 cm³/mol. The molecule has 17 nitrogen and oxygen atoms in total. The Hall–Kier alpha value is -3.93. The van der Waals surface area contributed by atoms with Crippen molar-refractivity contribution in [2.45, 2.75) is 244 Å². The summed E-state index contributed by atoms with van der Waals surface area (Å²) in [6.45, 7) is 3.56. The molecular weight excluding hydrogens is 897 g/mol. The van der Waals surface area contributed by atoms with Crippen molar-refractivity contribution in [1.29, 1.82) is 0 Å². The number of rotatable bonds is 48. The molecular formula is C50H90N4O13S. The van der Waals surface area contributed by atoms with Gasteiger partial charge in [0, 0.05) is 37.2 Å². The van der Waals surface area contributed by atoms with Gasteiger partial charge >= 0.3 is 29.8 Å². The number of ether oxygens (including phenoxy) is 2. The Kier molecular flexibility index (Phi) is 41.7. The van der Waals surface area contributed by atoms with Gasteiger partial charge in [0.15, 0.2) is 0 Å². The number of unbranched alkanes of at least 4 members (excludes halogenated alkanes) is 24. The Labute approximate surface area is 411 Å². The minimum atomic E-state index is -1.53. The van der Waals surface area contributed by atoms with E-state index in [1.54, 1.807) is 0 Å². The van der Waals surface area contributed by atoms with Crippen LogP contribution in [0.4, 0.5) is 0 Å². The quantitative estimate of drug-likeness (QED) is 0.0223. The lowest BCUT2D eigenvalue weighted by molar-refractivity contribution is -0.157. The molecule has 0 bridgehead atoms. The Morgan fingerprint density at radius 2 is 0.912 bits per heavy atom. The number of carbonyl (C=O) groups excluding carboxylic acids is 5. The van der Waals surface area contributed by atoms with Crippen LogP contribution >= 0.6 is 11.8 Å². The van der Waals surface area contributed by atoms with Gasteiger partial charge in [-0.3, -0.25) is 33.6 Å². The highest BCUT2D eigenvalue weighted by Gasteiger charge is 2.27. The van der Waals surface area contributed by atoms with Crippen LogP contribution < -0.4 is 21.7 Å². The summed E-state index contributed by atoms with van der Waals surface area (Å²) in [5.74, 6) is -7.30. The van der Waals surface area contributed by atoms with Gasteiger partial charge in [-0.15, -0.1) is 0 Å². The highest BCUT2D eigenvalue weighted by atomic mass is 32.2. The molecule has 0 radical (unpaired) electrons. The first-order valence-electron chi connectivity index (χ1n) is 25.9. The van der Waals surface area contributed by atoms with Crippen molar-refractivity contribution in [3.05, 3.63) is 0 Å². The lowest BCUT2D eigenvalue weighted by Gasteiger charge is -2.21. The number of nitrogens with one attached hydrogen (secondary N) is 3. The number of esters is 2. The van der Waals surface area contributed by atoms with Gasteiger partial charge in [-0.1, -0.05) is 168 Å². The average Bonchev–Trinajstić information content (AvgIpc) is 3.30. The third kappa shape index (κ3) is 40.0. The summed E-state index contributed by atoms with van der Waals surface area (Å²) in [7, 11) is 0. The number of carboxylic acid groups (broad SMARTS) is 3. The first-order valence-corrected chi connectivity index (χ1v) is 27.1. The molecule has 8 N–H and O–H groups in total. The molecule has 0 aromatic rings. The molecule has 0 aliphatic heterocycles. The third-order valence-electron chi connectivity index (χ3n) is 11.6. The van der Waals surface area contributed by atoms with E-state index in [2.05, 4.69) is 29.8 Å². The van der Waals surface area contributed by atoms with Crippen LogP contribution in [0.5, 0.6) is 0 Å². The van der Waals surface area contributed by atoms with Crippen LogP contribution in [0.3, 0.4) is 0 Å². The van der Waals surface area contributed by atoms with Crippen molar-refractivity contribution in [3.63, 3.8) is 0 Å². The van der Waals surface area contributed by atoms with E-state index in [4.69, 9.17) is 20.3 Å². The molecule has 4 atom stereocenters. The van der Waals surface area contributed by atoms with Gasteiger partial charge in [0.25, 0.3) is 0 Å². The zero-order chi connectivity index (χ0) is 50.6. The second kappa shape index (κ2) is 44.3. The summed E-state index contributed by atoms with van der Waals surface area (Å²) in [6, 6.07) is -4.14. The molecule has 394 valence electrons. The van der Waals surface area contributed by atoms with E-state index in [1.807, 2.05) is 0 Å². The lowest BCUT2D eigenvalue weighted by Crippen LogP contribution is -2.54. The van der Waals surface area contributed by atoms with E-state index in [1.165, 1.54) is 127 Å². The number of carbonyl (C=O) groups is 8. The van der Waals surface area contributed by atoms with Crippen molar-refractivity contribution in [3.8, 4) is 0 Å². The zero-order valence-corrected chi connectivity index (χ0v) is 42.5. The van der Waals surface area contributed by atoms with Crippen LogP contribution in [-0.4, -0.2) is 112 Å². The van der Waals surface area contributed by atoms with Gasteiger partial charge in [-0.2, -0.15) is 11.8 Å². The molecule has 0 saturated carbocycles. The fourth-order valence-electron chi connectivity index (χ4n) is 7.47. The van der Waals surface area contributed by atoms with Gasteiger partial charge < -0.3 is 46.5 Å². The molecule has 0 aromatic heterocycles. The SMILES string of the molecule is CCCCCCCCCCCCCCCC(=O)OC[C@H](CSCC(N)C(=O)N[C@H](CCC(=O)O)C(=O)NCC(=O)N[C@@H](CCC(=O)O)C(=O)O)OC(=O)CCCCCCCCCCCCCCC. The third-order valence-corrected chi connectivity index (χ3v) is 12.8. The first-order chi connectivity index (χ1) is 32.7. The molecule has 1 unspecified atom stereocenters. The summed E-state index contributed by atoms with van der Waals surface area (Å²) in [6.07, 6.45) is 28.6. The van der Waals surface area contributed by atoms with Crippen LogP contribution in [0.15, 0.2) is 0 Å². The number of hydrogen-bond donors (Lipinski definition) is 7. The van der Waals surface area contributed by atoms with Crippen LogP contribution in [0.25, 0.3) is 0 Å². The summed E-state index contributed by atoms with van der Waals surface area (Å²) in [5.41, 5.74) is 6.15. The van der Waals surface area contributed by atoms with Crippen molar-refractivity contribution >= 4 is 59.3 Å². The molecule has 18 heteroatoms. The van der Waals surface area contributed by atoms with E-state index in [-0.39, 0.29) is 43.3 Å². The van der Waals surface area contributed by atoms with Gasteiger partial charge in [-0.05, 0) is 25.7 Å². The highest BCUT2D eigenvalue weighted by molar-refractivity contribution is 7.99. The topological polar surface area (TPSA) is 278 Å². The number of carboxylic acids is 3. The number of thioether (sulfide) groups is 1. The summed E-state index contributed by atoms with van der Waals surface area (Å²) < 4.78 is 11.3. The minimum Gasteiger partial charge on any atom is -0.481 e. The largest absolute Gasteiger partial charge is 0.481 e. The molecule has 0 fully saturated rings. The monoisotopic (exact) mass is 987 g/mol. The molecule has 3 amide bonds. The summed E-state index contributed by atoms with van der Waals surface area (Å²) >= 11 is 1.17. The second-order valence-corrected chi connectivity index (χ2v) is 19.1. The minimum absolute atomic E-state index is 0.00571. The van der Waals surface area contributed by atoms with E-state index >= 15 is 0 Å². The molecule has 0 aliphatic carbocycles. The van der Waals surface area contributed by atoms with Gasteiger partial charge in [-0.25, -0.2) is 4.79 Å². The standard InChI is InChI=1S/C50H90N4O13S/c1-3-5-7-9-11-13-15-17-19-21-23-25-27-29-46(60)66-36-39(67-47(61)30-28-26-24-22-20-18-16-14-12-10-8-6-4-2)37-68-38-40(51)48(62)54-41(31-33-44(56)57)49(63)52-35-43(55)53-42(50(64)65)32-34-45(58)59/h39-42H,3-38,51H2,1-2H3,(H,52,63)(H,53,55)(H,54,62)(H,56,57)(H,58,59)(H,64,65)/t39-,40?,41-,42+/m1/s1. The molecule has 0 aliphatic rings. The van der Waals surface area contributed by atoms with E-state index < -0.39 is 91.6 Å². The van der Waals surface area contributed by atoms with Gasteiger partial charge in [0.2, 0.25) is 17.7 Å². The maximum absolute atomic E-state index is 13.1. The maximum Gasteiger partial charge on any atom is 0.326 e. The van der Waals surface area contributed by atoms with E-state index in [9.17, 15) is 48.6 Å². The predicted octanol–water partition coefficient (Wildman–Crippen LogP) is 8.36. The Morgan fingerprint density at radius 1 is 0.500 bits per heavy atom. The molecule has 0 aromatic carbocycles. The van der Waals surface area contributed by atoms with Crippen molar-refractivity contribution < 1.29 is 63.1 Å². The second-order valence-electron chi connectivity index (χ2n) is 18.0. The smallest absolute Gasteiger partial charge is 0.326 e. The van der Waals surface area contributed by atoms with Crippen molar-refractivity contribution in [1.82, 2.24) is 16.0 Å². The van der Waals surface area contributed by atoms with Crippen molar-refractivity contribution in [2.24, 2.45) is 5.73 Å². The first kappa shape index (κ1) is 64.1. The average molecular weight is 987 g/mol. The summed E-state index contributed by atoms with van der Waals surface area (Å²) in [5, 5.41) is 34.1. The van der Waals surface area contributed by atoms with Crippen LogP contribution in [0.2, 0.25) is 0 Å². The van der Waals surface area contributed by atoms with E-state index in [0.717, 1.165) is 38.5 Å². The molecule has 0 rings (SSSR count). The number of nitrogens with two attached hydrogens (primary N) is 1. The molecule has 0 heterocycles. The van der Waals surface area contributed by atoms with Crippen LogP contribution in [0, 0.1) is 0 Å². The number of aliphatic carboxylic acids is 3.